The second-order valence-electron chi connectivity index (χ2n) is 5.24. The van der Waals surface area contributed by atoms with Crippen molar-refractivity contribution in [3.05, 3.63) is 34.9 Å². The molecule has 27 heavy (non-hydrogen) atoms. The van der Waals surface area contributed by atoms with E-state index >= 15 is 0 Å². The number of amides is 1. The number of carbonyl (C=O) groups excluding carboxylic acids is 3. The molecule has 0 aliphatic carbocycles. The van der Waals surface area contributed by atoms with E-state index in [0.717, 1.165) is 0 Å². The van der Waals surface area contributed by atoms with Crippen LogP contribution in [0, 0.1) is 0 Å². The van der Waals surface area contributed by atoms with Crippen molar-refractivity contribution in [2.45, 2.75) is 6.92 Å². The molecule has 1 aliphatic heterocycles. The minimum Gasteiger partial charge on any atom is -0.496 e. The summed E-state index contributed by atoms with van der Waals surface area (Å²) in [6, 6.07) is 4.95. The smallest absolute Gasteiger partial charge is 0.345 e. The summed E-state index contributed by atoms with van der Waals surface area (Å²) in [4.78, 5) is 37.4. The largest absolute Gasteiger partial charge is 0.496 e. The molecule has 146 valence electrons. The molecule has 0 atom stereocenters. The molecular formula is C18H21NO7S. The first kappa shape index (κ1) is 20.6. The lowest BCUT2D eigenvalue weighted by molar-refractivity contribution is -0.137. The fourth-order valence-corrected chi connectivity index (χ4v) is 3.36. The van der Waals surface area contributed by atoms with E-state index in [-0.39, 0.29) is 37.0 Å². The number of carbonyl (C=O) groups is 3. The van der Waals surface area contributed by atoms with Gasteiger partial charge in [-0.25, -0.2) is 9.59 Å². The van der Waals surface area contributed by atoms with Crippen LogP contribution < -0.4 is 9.47 Å². The third-order valence-electron chi connectivity index (χ3n) is 3.62. The predicted octanol–water partition coefficient (Wildman–Crippen LogP) is 1.84. The number of hydrogen-bond acceptors (Lipinski definition) is 8. The van der Waals surface area contributed by atoms with Gasteiger partial charge in [-0.15, -0.1) is 0 Å². The fourth-order valence-electron chi connectivity index (χ4n) is 2.41. The normalized spacial score (nSPS) is 15.0. The van der Waals surface area contributed by atoms with Gasteiger partial charge >= 0.3 is 11.9 Å². The number of rotatable bonds is 8. The minimum atomic E-state index is -0.625. The highest BCUT2D eigenvalue weighted by Crippen LogP contribution is 2.30. The molecule has 0 aromatic heterocycles. The molecule has 1 heterocycles. The molecule has 1 aromatic carbocycles. The maximum absolute atomic E-state index is 12.4. The van der Waals surface area contributed by atoms with Crippen LogP contribution >= 0.6 is 11.8 Å². The van der Waals surface area contributed by atoms with Crippen LogP contribution in [0.15, 0.2) is 29.3 Å². The zero-order valence-electron chi connectivity index (χ0n) is 15.4. The molecule has 0 radical (unpaired) electrons. The van der Waals surface area contributed by atoms with Gasteiger partial charge in [0.05, 0.1) is 44.2 Å². The highest BCUT2D eigenvalue weighted by atomic mass is 32.2. The Balaban J connectivity index is 2.02. The summed E-state index contributed by atoms with van der Waals surface area (Å²) in [5.74, 6) is -0.430. The Hall–Kier alpha value is -2.68. The third kappa shape index (κ3) is 5.16. The molecule has 8 nitrogen and oxygen atoms in total. The second kappa shape index (κ2) is 9.86. The lowest BCUT2D eigenvalue weighted by Crippen LogP contribution is -2.29. The maximum Gasteiger partial charge on any atom is 0.345 e. The summed E-state index contributed by atoms with van der Waals surface area (Å²) in [6.45, 7) is 2.03. The van der Waals surface area contributed by atoms with E-state index in [1.807, 2.05) is 0 Å². The lowest BCUT2D eigenvalue weighted by Gasteiger charge is -2.17. The highest BCUT2D eigenvalue weighted by molar-refractivity contribution is 8.04. The van der Waals surface area contributed by atoms with Crippen LogP contribution in [0.1, 0.15) is 17.3 Å². The van der Waals surface area contributed by atoms with E-state index in [2.05, 4.69) is 0 Å². The number of thioether (sulfide) groups is 1. The van der Waals surface area contributed by atoms with Gasteiger partial charge in [-0.2, -0.15) is 0 Å². The van der Waals surface area contributed by atoms with Crippen LogP contribution in [0.2, 0.25) is 0 Å². The standard InChI is InChI=1S/C18H21NO7S/c1-4-25-16(21)10-15-19(14(20)11-27-15)8-9-26-18(22)17-12(23-2)6-5-7-13(17)24-3/h5-7,10H,4,8-9,11H2,1-3H3/b15-10+. The number of hydrogen-bond donors (Lipinski definition) is 0. The molecular weight excluding hydrogens is 374 g/mol. The Morgan fingerprint density at radius 1 is 1.19 bits per heavy atom. The number of ether oxygens (including phenoxy) is 4. The van der Waals surface area contributed by atoms with Gasteiger partial charge in [0, 0.05) is 0 Å². The Morgan fingerprint density at radius 2 is 1.85 bits per heavy atom. The molecule has 2 rings (SSSR count). The first-order valence-corrected chi connectivity index (χ1v) is 9.20. The van der Waals surface area contributed by atoms with Gasteiger partial charge in [-0.05, 0) is 19.1 Å². The topological polar surface area (TPSA) is 91.4 Å². The molecule has 0 unspecified atom stereocenters. The quantitative estimate of drug-likeness (QED) is 0.486. The fraction of sp³-hybridized carbons (Fsp3) is 0.389. The number of esters is 2. The minimum absolute atomic E-state index is 0.0491. The van der Waals surface area contributed by atoms with Crippen molar-refractivity contribution in [1.29, 1.82) is 0 Å². The zero-order chi connectivity index (χ0) is 19.8. The monoisotopic (exact) mass is 395 g/mol. The van der Waals surface area contributed by atoms with Crippen LogP contribution in [0.5, 0.6) is 11.5 Å². The average Bonchev–Trinajstić information content (AvgIpc) is 3.00. The van der Waals surface area contributed by atoms with Crippen LogP contribution in [-0.2, 0) is 19.1 Å². The first-order chi connectivity index (χ1) is 13.0. The van der Waals surface area contributed by atoms with Crippen LogP contribution in [0.3, 0.4) is 0 Å². The molecule has 1 saturated heterocycles. The van der Waals surface area contributed by atoms with E-state index in [9.17, 15) is 14.4 Å². The molecule has 1 fully saturated rings. The average molecular weight is 395 g/mol. The van der Waals surface area contributed by atoms with E-state index in [1.165, 1.54) is 37.0 Å². The molecule has 1 aromatic rings. The first-order valence-electron chi connectivity index (χ1n) is 8.21. The van der Waals surface area contributed by atoms with Crippen molar-refractivity contribution >= 4 is 29.6 Å². The molecule has 1 aliphatic rings. The van der Waals surface area contributed by atoms with Crippen molar-refractivity contribution in [2.75, 3.05) is 39.7 Å². The Labute approximate surface area is 161 Å². The molecule has 1 amide bonds. The van der Waals surface area contributed by atoms with Crippen LogP contribution in [0.4, 0.5) is 0 Å². The summed E-state index contributed by atoms with van der Waals surface area (Å²) in [7, 11) is 2.89. The summed E-state index contributed by atoms with van der Waals surface area (Å²) in [6.07, 6.45) is 1.27. The summed E-state index contributed by atoms with van der Waals surface area (Å²) < 4.78 is 20.5. The highest BCUT2D eigenvalue weighted by Gasteiger charge is 2.28. The summed E-state index contributed by atoms with van der Waals surface area (Å²) in [5.41, 5.74) is 0.173. The number of nitrogens with zero attached hydrogens (tertiary/aromatic N) is 1. The van der Waals surface area contributed by atoms with Crippen molar-refractivity contribution in [3.8, 4) is 11.5 Å². The Morgan fingerprint density at radius 3 is 2.44 bits per heavy atom. The van der Waals surface area contributed by atoms with Crippen LogP contribution in [-0.4, -0.2) is 62.5 Å². The van der Waals surface area contributed by atoms with Gasteiger partial charge in [0.15, 0.2) is 0 Å². The molecule has 0 spiro atoms. The van der Waals surface area contributed by atoms with Gasteiger partial charge in [0.1, 0.15) is 23.7 Å². The Bertz CT molecular complexity index is 725. The predicted molar refractivity (Wildman–Crippen MR) is 98.7 cm³/mol. The van der Waals surface area contributed by atoms with Gasteiger partial charge in [-0.3, -0.25) is 4.79 Å². The van der Waals surface area contributed by atoms with E-state index in [1.54, 1.807) is 25.1 Å². The van der Waals surface area contributed by atoms with Gasteiger partial charge < -0.3 is 23.8 Å². The zero-order valence-corrected chi connectivity index (χ0v) is 16.2. The SMILES string of the molecule is CCOC(=O)/C=C1/SCC(=O)N1CCOC(=O)c1c(OC)cccc1OC. The molecule has 0 bridgehead atoms. The van der Waals surface area contributed by atoms with Crippen molar-refractivity contribution in [2.24, 2.45) is 0 Å². The van der Waals surface area contributed by atoms with Crippen LogP contribution in [0.25, 0.3) is 0 Å². The van der Waals surface area contributed by atoms with Crippen molar-refractivity contribution in [1.82, 2.24) is 4.90 Å². The van der Waals surface area contributed by atoms with E-state index < -0.39 is 11.9 Å². The van der Waals surface area contributed by atoms with Gasteiger partial charge in [-0.1, -0.05) is 17.8 Å². The maximum atomic E-state index is 12.4. The van der Waals surface area contributed by atoms with Gasteiger partial charge in [0.25, 0.3) is 0 Å². The summed E-state index contributed by atoms with van der Waals surface area (Å²) in [5, 5.41) is 0.476. The molecule has 9 heteroatoms. The molecule has 0 saturated carbocycles. The third-order valence-corrected chi connectivity index (χ3v) is 4.64. The summed E-state index contributed by atoms with van der Waals surface area (Å²) >= 11 is 1.24. The molecule has 0 N–H and O–H groups in total. The van der Waals surface area contributed by atoms with E-state index in [0.29, 0.717) is 16.5 Å². The van der Waals surface area contributed by atoms with Crippen molar-refractivity contribution < 1.29 is 33.3 Å². The number of methoxy groups -OCH3 is 2. The van der Waals surface area contributed by atoms with Crippen molar-refractivity contribution in [3.63, 3.8) is 0 Å². The van der Waals surface area contributed by atoms with E-state index in [4.69, 9.17) is 18.9 Å². The lowest BCUT2D eigenvalue weighted by atomic mass is 10.2. The second-order valence-corrected chi connectivity index (χ2v) is 6.24. The Kier molecular flexibility index (Phi) is 7.54. The number of benzene rings is 1. The van der Waals surface area contributed by atoms with Gasteiger partial charge in [0.2, 0.25) is 5.91 Å².